The number of aromatic nitrogens is 3. The molecular weight excluding hydrogens is 252 g/mol. The first-order valence-electron chi connectivity index (χ1n) is 6.82. The van der Waals surface area contributed by atoms with E-state index in [1.165, 1.54) is 0 Å². The molecule has 2 rings (SSSR count). The molecule has 0 aliphatic heterocycles. The van der Waals surface area contributed by atoms with Crippen molar-refractivity contribution in [3.05, 3.63) is 29.5 Å². The van der Waals surface area contributed by atoms with Crippen molar-refractivity contribution >= 4 is 5.82 Å². The van der Waals surface area contributed by atoms with Crippen molar-refractivity contribution in [2.24, 2.45) is 0 Å². The maximum Gasteiger partial charge on any atom is 0.213 e. The van der Waals surface area contributed by atoms with Gasteiger partial charge >= 0.3 is 0 Å². The molecule has 106 valence electrons. The maximum absolute atomic E-state index is 5.15. The molecule has 0 unspecified atom stereocenters. The summed E-state index contributed by atoms with van der Waals surface area (Å²) >= 11 is 0. The highest BCUT2D eigenvalue weighted by Crippen LogP contribution is 2.22. The molecule has 0 amide bonds. The molecule has 0 aromatic carbocycles. The Morgan fingerprint density at radius 2 is 1.95 bits per heavy atom. The maximum atomic E-state index is 5.15. The molecule has 0 saturated carbocycles. The standard InChI is InChI=1S/C15H20N4O/c1-5-11-10(3)17-15(19-14(11)16-6-2)12-8-7-9-13(18-12)20-4/h7-9H,5-6H2,1-4H3,(H,16,17,19). The van der Waals surface area contributed by atoms with Crippen molar-refractivity contribution in [3.8, 4) is 17.4 Å². The van der Waals surface area contributed by atoms with E-state index in [4.69, 9.17) is 4.74 Å². The lowest BCUT2D eigenvalue weighted by Crippen LogP contribution is -2.08. The fourth-order valence-corrected chi connectivity index (χ4v) is 2.10. The van der Waals surface area contributed by atoms with Crippen LogP contribution in [0.2, 0.25) is 0 Å². The zero-order valence-electron chi connectivity index (χ0n) is 12.4. The van der Waals surface area contributed by atoms with Gasteiger partial charge in [0.05, 0.1) is 7.11 Å². The van der Waals surface area contributed by atoms with E-state index in [9.17, 15) is 0 Å². The van der Waals surface area contributed by atoms with Crippen molar-refractivity contribution < 1.29 is 4.74 Å². The summed E-state index contributed by atoms with van der Waals surface area (Å²) in [5, 5.41) is 3.30. The van der Waals surface area contributed by atoms with Crippen molar-refractivity contribution in [1.29, 1.82) is 0 Å². The molecular formula is C15H20N4O. The minimum atomic E-state index is 0.563. The van der Waals surface area contributed by atoms with Gasteiger partial charge in [-0.05, 0) is 26.3 Å². The molecule has 5 heteroatoms. The Morgan fingerprint density at radius 3 is 2.60 bits per heavy atom. The quantitative estimate of drug-likeness (QED) is 0.907. The Kier molecular flexibility index (Phi) is 4.50. The minimum absolute atomic E-state index is 0.563. The lowest BCUT2D eigenvalue weighted by atomic mass is 10.1. The summed E-state index contributed by atoms with van der Waals surface area (Å²) in [6.45, 7) is 7.00. The third-order valence-corrected chi connectivity index (χ3v) is 3.07. The first-order chi connectivity index (χ1) is 9.69. The number of aryl methyl sites for hydroxylation is 1. The molecule has 2 heterocycles. The van der Waals surface area contributed by atoms with Crippen LogP contribution in [0.1, 0.15) is 25.1 Å². The van der Waals surface area contributed by atoms with Gasteiger partial charge in [0.2, 0.25) is 5.88 Å². The zero-order chi connectivity index (χ0) is 14.5. The highest BCUT2D eigenvalue weighted by atomic mass is 16.5. The number of nitrogens with zero attached hydrogens (tertiary/aromatic N) is 3. The molecule has 0 fully saturated rings. The second-order valence-corrected chi connectivity index (χ2v) is 4.41. The molecule has 2 aromatic heterocycles. The average molecular weight is 272 g/mol. The van der Waals surface area contributed by atoms with Gasteiger partial charge in [-0.2, -0.15) is 0 Å². The van der Waals surface area contributed by atoms with E-state index < -0.39 is 0 Å². The number of methoxy groups -OCH3 is 1. The summed E-state index contributed by atoms with van der Waals surface area (Å²) in [5.41, 5.74) is 2.85. The summed E-state index contributed by atoms with van der Waals surface area (Å²) in [4.78, 5) is 13.5. The fourth-order valence-electron chi connectivity index (χ4n) is 2.10. The van der Waals surface area contributed by atoms with E-state index >= 15 is 0 Å². The van der Waals surface area contributed by atoms with Crippen LogP contribution < -0.4 is 10.1 Å². The molecule has 2 aromatic rings. The van der Waals surface area contributed by atoms with Gasteiger partial charge in [-0.15, -0.1) is 0 Å². The highest BCUT2D eigenvalue weighted by molar-refractivity contribution is 5.57. The Balaban J connectivity index is 2.51. The van der Waals surface area contributed by atoms with E-state index in [1.807, 2.05) is 25.1 Å². The molecule has 0 bridgehead atoms. The van der Waals surface area contributed by atoms with Gasteiger partial charge < -0.3 is 10.1 Å². The summed E-state index contributed by atoms with van der Waals surface area (Å²) in [5.74, 6) is 2.07. The first kappa shape index (κ1) is 14.2. The lowest BCUT2D eigenvalue weighted by Gasteiger charge is -2.12. The molecule has 0 spiro atoms. The molecule has 5 nitrogen and oxygen atoms in total. The topological polar surface area (TPSA) is 59.9 Å². The SMILES string of the molecule is CCNc1nc(-c2cccc(OC)n2)nc(C)c1CC. The van der Waals surface area contributed by atoms with Gasteiger partial charge in [-0.1, -0.05) is 13.0 Å². The fraction of sp³-hybridized carbons (Fsp3) is 0.400. The predicted molar refractivity (Wildman–Crippen MR) is 80.1 cm³/mol. The number of anilines is 1. The number of hydrogen-bond acceptors (Lipinski definition) is 5. The van der Waals surface area contributed by atoms with Crippen molar-refractivity contribution in [2.45, 2.75) is 27.2 Å². The largest absolute Gasteiger partial charge is 0.481 e. The zero-order valence-corrected chi connectivity index (χ0v) is 12.4. The van der Waals surface area contributed by atoms with E-state index in [2.05, 4.69) is 34.1 Å². The average Bonchev–Trinajstić information content (AvgIpc) is 2.47. The van der Waals surface area contributed by atoms with Crippen molar-refractivity contribution in [3.63, 3.8) is 0 Å². The van der Waals surface area contributed by atoms with Crippen LogP contribution in [0.3, 0.4) is 0 Å². The normalized spacial score (nSPS) is 10.4. The van der Waals surface area contributed by atoms with Crippen LogP contribution >= 0.6 is 0 Å². The first-order valence-corrected chi connectivity index (χ1v) is 6.82. The van der Waals surface area contributed by atoms with Crippen LogP contribution in [-0.4, -0.2) is 28.6 Å². The smallest absolute Gasteiger partial charge is 0.213 e. The van der Waals surface area contributed by atoms with Gasteiger partial charge in [-0.3, -0.25) is 0 Å². The van der Waals surface area contributed by atoms with Crippen LogP contribution in [0.5, 0.6) is 5.88 Å². The minimum Gasteiger partial charge on any atom is -0.481 e. The molecule has 0 aliphatic rings. The van der Waals surface area contributed by atoms with E-state index in [1.54, 1.807) is 7.11 Å². The summed E-state index contributed by atoms with van der Waals surface area (Å²) < 4.78 is 5.15. The van der Waals surface area contributed by atoms with Gasteiger partial charge in [-0.25, -0.2) is 15.0 Å². The van der Waals surface area contributed by atoms with E-state index in [0.29, 0.717) is 17.4 Å². The van der Waals surface area contributed by atoms with Gasteiger partial charge in [0, 0.05) is 23.9 Å². The van der Waals surface area contributed by atoms with Crippen LogP contribution in [0.15, 0.2) is 18.2 Å². The van der Waals surface area contributed by atoms with Crippen LogP contribution in [0.4, 0.5) is 5.82 Å². The van der Waals surface area contributed by atoms with Crippen LogP contribution in [0, 0.1) is 6.92 Å². The number of pyridine rings is 1. The number of ether oxygens (including phenoxy) is 1. The van der Waals surface area contributed by atoms with E-state index in [-0.39, 0.29) is 0 Å². The second-order valence-electron chi connectivity index (χ2n) is 4.41. The monoisotopic (exact) mass is 272 g/mol. The van der Waals surface area contributed by atoms with Crippen LogP contribution in [-0.2, 0) is 6.42 Å². The molecule has 1 N–H and O–H groups in total. The number of nitrogens with one attached hydrogen (secondary N) is 1. The second kappa shape index (κ2) is 6.32. The Bertz CT molecular complexity index is 598. The Hall–Kier alpha value is -2.17. The lowest BCUT2D eigenvalue weighted by molar-refractivity contribution is 0.398. The highest BCUT2D eigenvalue weighted by Gasteiger charge is 2.12. The summed E-state index contributed by atoms with van der Waals surface area (Å²) in [7, 11) is 1.60. The van der Waals surface area contributed by atoms with Crippen LogP contribution in [0.25, 0.3) is 11.5 Å². The van der Waals surface area contributed by atoms with Crippen molar-refractivity contribution in [1.82, 2.24) is 15.0 Å². The van der Waals surface area contributed by atoms with Crippen molar-refractivity contribution in [2.75, 3.05) is 19.0 Å². The number of rotatable bonds is 5. The van der Waals surface area contributed by atoms with Gasteiger partial charge in [0.15, 0.2) is 5.82 Å². The molecule has 0 radical (unpaired) electrons. The predicted octanol–water partition coefficient (Wildman–Crippen LogP) is 2.85. The van der Waals surface area contributed by atoms with Gasteiger partial charge in [0.25, 0.3) is 0 Å². The molecule has 0 aliphatic carbocycles. The Labute approximate surface area is 119 Å². The van der Waals surface area contributed by atoms with E-state index in [0.717, 1.165) is 30.0 Å². The third kappa shape index (κ3) is 2.87. The summed E-state index contributed by atoms with van der Waals surface area (Å²) in [6, 6.07) is 5.58. The molecule has 0 atom stereocenters. The molecule has 20 heavy (non-hydrogen) atoms. The Morgan fingerprint density at radius 1 is 1.15 bits per heavy atom. The number of hydrogen-bond donors (Lipinski definition) is 1. The van der Waals surface area contributed by atoms with Gasteiger partial charge in [0.1, 0.15) is 11.5 Å². The molecule has 0 saturated heterocycles. The summed E-state index contributed by atoms with van der Waals surface area (Å²) in [6.07, 6.45) is 0.903. The third-order valence-electron chi connectivity index (χ3n) is 3.07.